The van der Waals surface area contributed by atoms with Gasteiger partial charge in [0.15, 0.2) is 0 Å². The van der Waals surface area contributed by atoms with E-state index in [1.54, 1.807) is 12.3 Å². The fourth-order valence-electron chi connectivity index (χ4n) is 1.95. The lowest BCUT2D eigenvalue weighted by atomic mass is 9.97. The second kappa shape index (κ2) is 14.5. The minimum atomic E-state index is -0.520. The van der Waals surface area contributed by atoms with Crippen LogP contribution in [-0.2, 0) is 0 Å². The Morgan fingerprint density at radius 2 is 2.09 bits per heavy atom. The van der Waals surface area contributed by atoms with Crippen molar-refractivity contribution in [1.82, 2.24) is 5.32 Å². The molecule has 0 radical (unpaired) electrons. The summed E-state index contributed by atoms with van der Waals surface area (Å²) in [6.07, 6.45) is 13.9. The van der Waals surface area contributed by atoms with Gasteiger partial charge in [-0.2, -0.15) is 0 Å². The molecule has 0 aromatic carbocycles. The predicted molar refractivity (Wildman–Crippen MR) is 98.5 cm³/mol. The number of allylic oxidation sites excluding steroid dienone is 5. The quantitative estimate of drug-likeness (QED) is 0.236. The first-order valence-corrected chi connectivity index (χ1v) is 8.14. The van der Waals surface area contributed by atoms with E-state index in [0.29, 0.717) is 0 Å². The van der Waals surface area contributed by atoms with Crippen molar-refractivity contribution >= 4 is 6.21 Å². The van der Waals surface area contributed by atoms with Crippen molar-refractivity contribution in [3.8, 4) is 0 Å². The summed E-state index contributed by atoms with van der Waals surface area (Å²) in [6, 6.07) is 0. The number of unbranched alkanes of at least 4 members (excludes halogenated alkanes) is 1. The predicted octanol–water partition coefficient (Wildman–Crippen LogP) is 3.69. The summed E-state index contributed by atoms with van der Waals surface area (Å²) < 4.78 is 0. The molecule has 0 aliphatic carbocycles. The molecule has 2 N–H and O–H groups in total. The van der Waals surface area contributed by atoms with Crippen molar-refractivity contribution in [3.05, 3.63) is 49.1 Å². The molecular formula is C19H32N2O. The van der Waals surface area contributed by atoms with Crippen LogP contribution in [0.4, 0.5) is 0 Å². The Morgan fingerprint density at radius 1 is 1.32 bits per heavy atom. The summed E-state index contributed by atoms with van der Waals surface area (Å²) >= 11 is 0. The lowest BCUT2D eigenvalue weighted by Gasteiger charge is -2.19. The van der Waals surface area contributed by atoms with Crippen molar-refractivity contribution in [2.75, 3.05) is 19.6 Å². The molecule has 0 bridgehead atoms. The van der Waals surface area contributed by atoms with Gasteiger partial charge in [-0.25, -0.2) is 0 Å². The molecule has 2 atom stereocenters. The SMILES string of the molecule is C=C/C=C(/C=NCCC/C=C/CC=C)C(O)[C@H](C)CNCC. The fourth-order valence-corrected chi connectivity index (χ4v) is 1.95. The van der Waals surface area contributed by atoms with E-state index in [0.717, 1.165) is 44.5 Å². The van der Waals surface area contributed by atoms with Gasteiger partial charge >= 0.3 is 0 Å². The number of aliphatic hydroxyl groups is 1. The topological polar surface area (TPSA) is 44.6 Å². The first-order chi connectivity index (χ1) is 10.7. The number of hydrogen-bond donors (Lipinski definition) is 2. The Kier molecular flexibility index (Phi) is 13.5. The van der Waals surface area contributed by atoms with Crippen molar-refractivity contribution < 1.29 is 5.11 Å². The van der Waals surface area contributed by atoms with Crippen LogP contribution < -0.4 is 5.32 Å². The van der Waals surface area contributed by atoms with E-state index in [1.165, 1.54) is 0 Å². The van der Waals surface area contributed by atoms with Crippen molar-refractivity contribution in [3.63, 3.8) is 0 Å². The van der Waals surface area contributed by atoms with Crippen LogP contribution in [0.2, 0.25) is 0 Å². The second-order valence-electron chi connectivity index (χ2n) is 5.31. The maximum atomic E-state index is 10.4. The summed E-state index contributed by atoms with van der Waals surface area (Å²) in [7, 11) is 0. The van der Waals surface area contributed by atoms with E-state index in [9.17, 15) is 5.11 Å². The number of rotatable bonds is 13. The molecule has 1 unspecified atom stereocenters. The molecule has 124 valence electrons. The number of nitrogens with one attached hydrogen (secondary N) is 1. The molecule has 0 aliphatic heterocycles. The highest BCUT2D eigenvalue weighted by molar-refractivity contribution is 5.80. The molecule has 3 heteroatoms. The average Bonchev–Trinajstić information content (AvgIpc) is 2.53. The minimum Gasteiger partial charge on any atom is -0.388 e. The molecule has 0 saturated carbocycles. The molecule has 0 aromatic rings. The third-order valence-corrected chi connectivity index (χ3v) is 3.27. The molecule has 3 nitrogen and oxygen atoms in total. The van der Waals surface area contributed by atoms with Crippen LogP contribution in [0.25, 0.3) is 0 Å². The van der Waals surface area contributed by atoms with Gasteiger partial charge in [-0.15, -0.1) is 6.58 Å². The monoisotopic (exact) mass is 304 g/mol. The summed E-state index contributed by atoms with van der Waals surface area (Å²) in [4.78, 5) is 4.42. The number of nitrogens with zero attached hydrogens (tertiary/aromatic N) is 1. The lowest BCUT2D eigenvalue weighted by Crippen LogP contribution is -2.31. The summed E-state index contributed by atoms with van der Waals surface area (Å²) in [5.41, 5.74) is 0.822. The van der Waals surface area contributed by atoms with E-state index in [1.807, 2.05) is 19.1 Å². The van der Waals surface area contributed by atoms with E-state index < -0.39 is 6.10 Å². The van der Waals surface area contributed by atoms with Crippen LogP contribution in [-0.4, -0.2) is 37.1 Å². The molecule has 0 aliphatic rings. The maximum absolute atomic E-state index is 10.4. The Morgan fingerprint density at radius 3 is 2.73 bits per heavy atom. The number of aliphatic hydroxyl groups excluding tert-OH is 1. The van der Waals surface area contributed by atoms with E-state index in [4.69, 9.17) is 0 Å². The van der Waals surface area contributed by atoms with Gasteiger partial charge in [-0.05, 0) is 37.3 Å². The molecule has 0 aromatic heterocycles. The van der Waals surface area contributed by atoms with E-state index in [-0.39, 0.29) is 5.92 Å². The van der Waals surface area contributed by atoms with Crippen molar-refractivity contribution in [2.45, 2.75) is 39.2 Å². The van der Waals surface area contributed by atoms with E-state index in [2.05, 4.69) is 42.5 Å². The Bertz CT molecular complexity index is 383. The molecule has 0 fully saturated rings. The Hall–Kier alpha value is -1.45. The number of aliphatic imine (C=N–C) groups is 1. The number of hydrogen-bond acceptors (Lipinski definition) is 3. The van der Waals surface area contributed by atoms with Crippen LogP contribution >= 0.6 is 0 Å². The van der Waals surface area contributed by atoms with Crippen molar-refractivity contribution in [2.24, 2.45) is 10.9 Å². The van der Waals surface area contributed by atoms with Gasteiger partial charge in [0.05, 0.1) is 6.10 Å². The van der Waals surface area contributed by atoms with Crippen molar-refractivity contribution in [1.29, 1.82) is 0 Å². The van der Waals surface area contributed by atoms with Gasteiger partial charge in [0, 0.05) is 19.3 Å². The van der Waals surface area contributed by atoms with Gasteiger partial charge in [-0.3, -0.25) is 4.99 Å². The van der Waals surface area contributed by atoms with Crippen LogP contribution in [0.1, 0.15) is 33.1 Å². The van der Waals surface area contributed by atoms with Crippen LogP contribution in [0, 0.1) is 5.92 Å². The van der Waals surface area contributed by atoms with Gasteiger partial charge < -0.3 is 10.4 Å². The highest BCUT2D eigenvalue weighted by Crippen LogP contribution is 2.11. The fraction of sp³-hybridized carbons (Fsp3) is 0.526. The average molecular weight is 304 g/mol. The normalized spacial score (nSPS) is 15.3. The zero-order chi connectivity index (χ0) is 16.6. The molecule has 0 spiro atoms. The summed E-state index contributed by atoms with van der Waals surface area (Å²) in [6.45, 7) is 13.9. The molecule has 22 heavy (non-hydrogen) atoms. The largest absolute Gasteiger partial charge is 0.388 e. The Labute approximate surface area is 136 Å². The van der Waals surface area contributed by atoms with Gasteiger partial charge in [0.2, 0.25) is 0 Å². The Balaban J connectivity index is 4.28. The molecule has 0 rings (SSSR count). The maximum Gasteiger partial charge on any atom is 0.0842 e. The highest BCUT2D eigenvalue weighted by atomic mass is 16.3. The zero-order valence-electron chi connectivity index (χ0n) is 14.2. The second-order valence-corrected chi connectivity index (χ2v) is 5.31. The standard InChI is InChI=1S/C19H32N2O/c1-5-8-9-10-11-12-14-21-16-18(13-6-2)19(22)17(4)15-20-7-3/h5-6,9-10,13,16-17,19-20,22H,1-2,7-8,11-12,14-15H2,3-4H3/b10-9+,18-13-,21-16?/t17-,19?/m1/s1. The van der Waals surface area contributed by atoms with Gasteiger partial charge in [0.25, 0.3) is 0 Å². The third kappa shape index (κ3) is 10.3. The first-order valence-electron chi connectivity index (χ1n) is 8.14. The first kappa shape index (κ1) is 20.6. The van der Waals surface area contributed by atoms with Crippen LogP contribution in [0.3, 0.4) is 0 Å². The molecular weight excluding hydrogens is 272 g/mol. The molecule has 0 heterocycles. The van der Waals surface area contributed by atoms with Crippen LogP contribution in [0.15, 0.2) is 54.1 Å². The van der Waals surface area contributed by atoms with Gasteiger partial charge in [0.1, 0.15) is 0 Å². The smallest absolute Gasteiger partial charge is 0.0842 e. The summed E-state index contributed by atoms with van der Waals surface area (Å²) in [5, 5.41) is 13.6. The lowest BCUT2D eigenvalue weighted by molar-refractivity contribution is 0.155. The zero-order valence-corrected chi connectivity index (χ0v) is 14.2. The third-order valence-electron chi connectivity index (χ3n) is 3.27. The molecule has 0 amide bonds. The highest BCUT2D eigenvalue weighted by Gasteiger charge is 2.16. The van der Waals surface area contributed by atoms with Gasteiger partial charge in [-0.1, -0.05) is 50.8 Å². The van der Waals surface area contributed by atoms with E-state index >= 15 is 0 Å². The molecule has 0 saturated heterocycles. The minimum absolute atomic E-state index is 0.138. The van der Waals surface area contributed by atoms with Crippen LogP contribution in [0.5, 0.6) is 0 Å². The summed E-state index contributed by atoms with van der Waals surface area (Å²) in [5.74, 6) is 0.138.